The second-order valence-electron chi connectivity index (χ2n) is 11.4. The molecule has 0 fully saturated rings. The van der Waals surface area contributed by atoms with E-state index in [1.165, 1.54) is 96.6 Å². The van der Waals surface area contributed by atoms with Gasteiger partial charge in [0.2, 0.25) is 0 Å². The average molecular weight is 668 g/mol. The van der Waals surface area contributed by atoms with Crippen molar-refractivity contribution in [3.05, 3.63) is 64.4 Å². The Hall–Kier alpha value is -1.98. The summed E-state index contributed by atoms with van der Waals surface area (Å²) in [5.41, 5.74) is 0.684. The number of unbranched alkanes of at least 4 members (excludes halogenated alkanes) is 14. The van der Waals surface area contributed by atoms with Crippen molar-refractivity contribution in [2.24, 2.45) is 0 Å². The summed E-state index contributed by atoms with van der Waals surface area (Å²) in [6.45, 7) is 2.81. The summed E-state index contributed by atoms with van der Waals surface area (Å²) < 4.78 is 55.0. The van der Waals surface area contributed by atoms with E-state index >= 15 is 0 Å². The number of hydrogen-bond acceptors (Lipinski definition) is 7. The molecule has 10 heteroatoms. The Morgan fingerprint density at radius 2 is 1.47 bits per heavy atom. The monoisotopic (exact) mass is 667 g/mol. The molecule has 2 aromatic carbocycles. The van der Waals surface area contributed by atoms with Gasteiger partial charge in [-0.2, -0.15) is 5.26 Å². The normalized spacial score (nSPS) is 13.3. The lowest BCUT2D eigenvalue weighted by Crippen LogP contribution is -2.26. The second kappa shape index (κ2) is 24.2. The summed E-state index contributed by atoms with van der Waals surface area (Å²) in [5.74, 6) is -0.364. The fraction of sp³-hybridized carbons (Fsp3) is 0.629. The molecule has 2 rings (SSSR count). The van der Waals surface area contributed by atoms with E-state index in [9.17, 15) is 8.96 Å². The van der Waals surface area contributed by atoms with Crippen molar-refractivity contribution >= 4 is 19.4 Å². The van der Waals surface area contributed by atoms with E-state index in [2.05, 4.69) is 6.92 Å². The van der Waals surface area contributed by atoms with Gasteiger partial charge in [-0.05, 0) is 42.3 Å². The second-order valence-corrected chi connectivity index (χ2v) is 13.5. The third kappa shape index (κ3) is 18.1. The highest BCUT2D eigenvalue weighted by atomic mass is 35.5. The molecular formula is C35H52ClFNO6P. The zero-order valence-electron chi connectivity index (χ0n) is 27.2. The quantitative estimate of drug-likeness (QED) is 0.0692. The van der Waals surface area contributed by atoms with Crippen LogP contribution in [0.2, 0.25) is 5.02 Å². The van der Waals surface area contributed by atoms with Crippen molar-refractivity contribution in [2.75, 3.05) is 26.9 Å². The Bertz CT molecular complexity index is 1160. The van der Waals surface area contributed by atoms with Gasteiger partial charge in [-0.3, -0.25) is 9.05 Å². The van der Waals surface area contributed by atoms with Gasteiger partial charge in [0, 0.05) is 13.7 Å². The number of phosphoric acid groups is 1. The van der Waals surface area contributed by atoms with Gasteiger partial charge < -0.3 is 14.0 Å². The van der Waals surface area contributed by atoms with Crippen LogP contribution < -0.4 is 4.52 Å². The van der Waals surface area contributed by atoms with E-state index in [1.807, 2.05) is 6.07 Å². The number of hydrogen-bond donors (Lipinski definition) is 0. The SMILES string of the molecule is CCCCCCCCCCCCCCCCCOC[C@H](COP(=O)(OC)Oc1ccccc1Cl)OCc1cc(F)cc(C#N)c1. The topological polar surface area (TPSA) is 87.0 Å². The van der Waals surface area contributed by atoms with Crippen LogP contribution in [0.5, 0.6) is 5.75 Å². The number of nitrogens with zero attached hydrogens (tertiary/aromatic N) is 1. The molecule has 1 unspecified atom stereocenters. The van der Waals surface area contributed by atoms with Crippen LogP contribution in [0.1, 0.15) is 114 Å². The molecule has 0 bridgehead atoms. The van der Waals surface area contributed by atoms with Crippen LogP contribution in [0.15, 0.2) is 42.5 Å². The maximum atomic E-state index is 13.9. The third-order valence-corrected chi connectivity index (χ3v) is 9.10. The number of ether oxygens (including phenoxy) is 2. The van der Waals surface area contributed by atoms with Crippen LogP contribution in [-0.4, -0.2) is 33.0 Å². The summed E-state index contributed by atoms with van der Waals surface area (Å²) in [4.78, 5) is 0. The number of nitriles is 1. The van der Waals surface area contributed by atoms with Gasteiger partial charge in [-0.15, -0.1) is 0 Å². The van der Waals surface area contributed by atoms with Gasteiger partial charge in [0.15, 0.2) is 0 Å². The van der Waals surface area contributed by atoms with Crippen molar-refractivity contribution in [2.45, 2.75) is 116 Å². The molecule has 7 nitrogen and oxygen atoms in total. The maximum absolute atomic E-state index is 13.9. The maximum Gasteiger partial charge on any atom is 0.529 e. The highest BCUT2D eigenvalue weighted by Gasteiger charge is 2.30. The van der Waals surface area contributed by atoms with Crippen molar-refractivity contribution in [1.29, 1.82) is 5.26 Å². The van der Waals surface area contributed by atoms with Crippen LogP contribution in [0, 0.1) is 17.1 Å². The number of rotatable bonds is 27. The average Bonchev–Trinajstić information content (AvgIpc) is 3.04. The summed E-state index contributed by atoms with van der Waals surface area (Å²) >= 11 is 6.13. The number of para-hydroxylation sites is 1. The van der Waals surface area contributed by atoms with Gasteiger partial charge in [0.1, 0.15) is 17.7 Å². The van der Waals surface area contributed by atoms with Crippen LogP contribution >= 0.6 is 19.4 Å². The number of phosphoric ester groups is 1. The number of halogens is 2. The highest BCUT2D eigenvalue weighted by molar-refractivity contribution is 7.48. The lowest BCUT2D eigenvalue weighted by atomic mass is 10.0. The first-order chi connectivity index (χ1) is 21.9. The Morgan fingerprint density at radius 3 is 2.04 bits per heavy atom. The zero-order chi connectivity index (χ0) is 32.6. The highest BCUT2D eigenvalue weighted by Crippen LogP contribution is 2.50. The first-order valence-corrected chi connectivity index (χ1v) is 18.4. The molecule has 0 N–H and O–H groups in total. The van der Waals surface area contributed by atoms with E-state index < -0.39 is 19.7 Å². The van der Waals surface area contributed by atoms with E-state index in [0.29, 0.717) is 12.2 Å². The molecule has 2 aromatic rings. The third-order valence-electron chi connectivity index (χ3n) is 7.46. The predicted octanol–water partition coefficient (Wildman–Crippen LogP) is 11.0. The molecule has 0 aliphatic rings. The lowest BCUT2D eigenvalue weighted by molar-refractivity contribution is -0.0496. The van der Waals surface area contributed by atoms with Crippen LogP contribution in [0.25, 0.3) is 0 Å². The van der Waals surface area contributed by atoms with Gasteiger partial charge in [-0.1, -0.05) is 121 Å². The largest absolute Gasteiger partial charge is 0.529 e. The summed E-state index contributed by atoms with van der Waals surface area (Å²) in [7, 11) is -2.80. The molecule has 0 heterocycles. The van der Waals surface area contributed by atoms with E-state index in [1.54, 1.807) is 30.3 Å². The summed E-state index contributed by atoms with van der Waals surface area (Å²) in [6, 6.07) is 12.5. The van der Waals surface area contributed by atoms with E-state index in [0.717, 1.165) is 18.9 Å². The van der Waals surface area contributed by atoms with E-state index in [4.69, 9.17) is 39.9 Å². The lowest BCUT2D eigenvalue weighted by Gasteiger charge is -2.22. The Balaban J connectivity index is 1.71. The van der Waals surface area contributed by atoms with Gasteiger partial charge in [0.25, 0.3) is 0 Å². The summed E-state index contributed by atoms with van der Waals surface area (Å²) in [6.07, 6.45) is 18.7. The molecule has 45 heavy (non-hydrogen) atoms. The molecule has 0 aromatic heterocycles. The standard InChI is InChI=1S/C35H52ClFNO6P/c1-3-4-5-6-7-8-9-10-11-12-13-14-15-16-19-22-41-28-33(42-27-31-23-30(26-38)24-32(37)25-31)29-43-45(39,40-2)44-35-21-18-17-20-34(35)36/h17-18,20-21,23-25,33H,3-16,19,22,27-29H2,1-2H3/t33-,45?/m1/s1. The van der Waals surface area contributed by atoms with Crippen LogP contribution in [-0.2, 0) is 29.7 Å². The summed E-state index contributed by atoms with van der Waals surface area (Å²) in [5, 5.41) is 9.42. The number of benzene rings is 2. The Kier molecular flexibility index (Phi) is 21.1. The molecule has 0 aliphatic carbocycles. The Labute approximate surface area is 275 Å². The fourth-order valence-corrected chi connectivity index (χ4v) is 6.09. The van der Waals surface area contributed by atoms with Crippen LogP contribution in [0.4, 0.5) is 4.39 Å². The molecule has 0 amide bonds. The van der Waals surface area contributed by atoms with E-state index in [-0.39, 0.29) is 36.2 Å². The van der Waals surface area contributed by atoms with Crippen molar-refractivity contribution < 1.29 is 32.0 Å². The smallest absolute Gasteiger partial charge is 0.402 e. The molecule has 2 atom stereocenters. The molecule has 0 saturated carbocycles. The van der Waals surface area contributed by atoms with Crippen molar-refractivity contribution in [1.82, 2.24) is 0 Å². The molecule has 0 saturated heterocycles. The molecule has 252 valence electrons. The minimum Gasteiger partial charge on any atom is -0.402 e. The predicted molar refractivity (Wildman–Crippen MR) is 178 cm³/mol. The van der Waals surface area contributed by atoms with Crippen LogP contribution in [0.3, 0.4) is 0 Å². The van der Waals surface area contributed by atoms with Gasteiger partial charge in [-0.25, -0.2) is 8.96 Å². The molecule has 0 aliphatic heterocycles. The van der Waals surface area contributed by atoms with Gasteiger partial charge >= 0.3 is 7.82 Å². The van der Waals surface area contributed by atoms with Crippen molar-refractivity contribution in [3.8, 4) is 11.8 Å². The molecule has 0 radical (unpaired) electrons. The molecular weight excluding hydrogens is 616 g/mol. The first kappa shape index (κ1) is 39.2. The fourth-order valence-electron chi connectivity index (χ4n) is 4.88. The first-order valence-electron chi connectivity index (χ1n) is 16.5. The Morgan fingerprint density at radius 1 is 0.867 bits per heavy atom. The minimum atomic E-state index is -4.02. The van der Waals surface area contributed by atoms with Gasteiger partial charge in [0.05, 0.1) is 36.5 Å². The zero-order valence-corrected chi connectivity index (χ0v) is 28.8. The van der Waals surface area contributed by atoms with Crippen molar-refractivity contribution in [3.63, 3.8) is 0 Å². The molecule has 0 spiro atoms. The minimum absolute atomic E-state index is 0.00540.